The summed E-state index contributed by atoms with van der Waals surface area (Å²) in [6.45, 7) is 8.06. The lowest BCUT2D eigenvalue weighted by Crippen LogP contribution is -2.36. The van der Waals surface area contributed by atoms with Gasteiger partial charge in [-0.2, -0.15) is 9.97 Å². The van der Waals surface area contributed by atoms with Crippen molar-refractivity contribution in [2.24, 2.45) is 0 Å². The molecule has 3 aromatic rings. The SMILES string of the molecule is CNC(=O)c1ccc2c(c1Nc1nc(Nc3ccc(N4CCOCC4)cc3OC)nc3c1C(C)(C)CN3)OCO2. The number of carbonyl (C=O) groups excluding carboxylic acids is 1. The number of methoxy groups -OCH3 is 1. The summed E-state index contributed by atoms with van der Waals surface area (Å²) in [6, 6.07) is 9.45. The maximum absolute atomic E-state index is 12.8. The molecule has 1 fully saturated rings. The van der Waals surface area contributed by atoms with Gasteiger partial charge in [-0.15, -0.1) is 0 Å². The van der Waals surface area contributed by atoms with Gasteiger partial charge in [-0.3, -0.25) is 4.79 Å². The number of morpholine rings is 1. The zero-order chi connectivity index (χ0) is 27.9. The fraction of sp³-hybridized carbons (Fsp3) is 0.393. The molecule has 12 heteroatoms. The van der Waals surface area contributed by atoms with Crippen LogP contribution in [0.3, 0.4) is 0 Å². The molecule has 1 amide bonds. The summed E-state index contributed by atoms with van der Waals surface area (Å²) in [6.07, 6.45) is 0. The number of fused-ring (bicyclic) bond motifs is 2. The van der Waals surface area contributed by atoms with Crippen LogP contribution in [0.25, 0.3) is 0 Å². The third-order valence-electron chi connectivity index (χ3n) is 7.35. The van der Waals surface area contributed by atoms with Crippen LogP contribution >= 0.6 is 0 Å². The van der Waals surface area contributed by atoms with Crippen molar-refractivity contribution in [3.05, 3.63) is 41.5 Å². The molecule has 0 unspecified atom stereocenters. The Morgan fingerprint density at radius 2 is 1.93 bits per heavy atom. The number of ether oxygens (including phenoxy) is 4. The molecular weight excluding hydrogens is 514 g/mol. The summed E-state index contributed by atoms with van der Waals surface area (Å²) in [7, 11) is 3.23. The third kappa shape index (κ3) is 4.64. The molecule has 0 aliphatic carbocycles. The van der Waals surface area contributed by atoms with Crippen LogP contribution in [0.1, 0.15) is 29.8 Å². The predicted octanol–water partition coefficient (Wildman–Crippen LogP) is 3.60. The Morgan fingerprint density at radius 3 is 2.70 bits per heavy atom. The van der Waals surface area contributed by atoms with E-state index in [4.69, 9.17) is 28.9 Å². The Labute approximate surface area is 232 Å². The highest BCUT2D eigenvalue weighted by Gasteiger charge is 2.36. The Balaban J connectivity index is 1.38. The summed E-state index contributed by atoms with van der Waals surface area (Å²) in [5.41, 5.74) is 3.33. The average molecular weight is 548 g/mol. The normalized spacial score (nSPS) is 16.6. The summed E-state index contributed by atoms with van der Waals surface area (Å²) >= 11 is 0. The number of nitrogens with zero attached hydrogens (tertiary/aromatic N) is 3. The van der Waals surface area contributed by atoms with E-state index in [2.05, 4.69) is 40.0 Å². The zero-order valence-corrected chi connectivity index (χ0v) is 23.0. The van der Waals surface area contributed by atoms with Crippen LogP contribution in [0, 0.1) is 0 Å². The summed E-state index contributed by atoms with van der Waals surface area (Å²) in [4.78, 5) is 24.7. The smallest absolute Gasteiger partial charge is 0.253 e. The Kier molecular flexibility index (Phi) is 6.62. The van der Waals surface area contributed by atoms with E-state index in [1.54, 1.807) is 26.3 Å². The fourth-order valence-corrected chi connectivity index (χ4v) is 5.23. The first-order chi connectivity index (χ1) is 19.4. The molecule has 2 aromatic carbocycles. The number of rotatable bonds is 7. The molecular formula is C28H33N7O5. The highest BCUT2D eigenvalue weighted by molar-refractivity contribution is 6.02. The van der Waals surface area contributed by atoms with Crippen LogP contribution in [0.2, 0.25) is 0 Å². The van der Waals surface area contributed by atoms with Crippen LogP contribution < -0.4 is 40.4 Å². The molecule has 3 aliphatic heterocycles. The van der Waals surface area contributed by atoms with Gasteiger partial charge in [0.2, 0.25) is 12.7 Å². The number of benzene rings is 2. The molecule has 6 rings (SSSR count). The van der Waals surface area contributed by atoms with Crippen LogP contribution in [0.4, 0.5) is 34.6 Å². The Bertz CT molecular complexity index is 1460. The molecule has 40 heavy (non-hydrogen) atoms. The molecule has 0 spiro atoms. The first-order valence-electron chi connectivity index (χ1n) is 13.2. The van der Waals surface area contributed by atoms with Crippen molar-refractivity contribution >= 4 is 40.6 Å². The van der Waals surface area contributed by atoms with Crippen LogP contribution in [-0.2, 0) is 10.2 Å². The minimum Gasteiger partial charge on any atom is -0.494 e. The van der Waals surface area contributed by atoms with E-state index < -0.39 is 0 Å². The number of hydrogen-bond donors (Lipinski definition) is 4. The van der Waals surface area contributed by atoms with Gasteiger partial charge >= 0.3 is 0 Å². The van der Waals surface area contributed by atoms with Gasteiger partial charge in [-0.05, 0) is 24.3 Å². The predicted molar refractivity (Wildman–Crippen MR) is 152 cm³/mol. The second-order valence-electron chi connectivity index (χ2n) is 10.4. The molecule has 0 atom stereocenters. The van der Waals surface area contributed by atoms with E-state index >= 15 is 0 Å². The fourth-order valence-electron chi connectivity index (χ4n) is 5.23. The van der Waals surface area contributed by atoms with Gasteiger partial charge < -0.3 is 45.1 Å². The molecule has 0 bridgehead atoms. The van der Waals surface area contributed by atoms with Crippen LogP contribution in [-0.4, -0.2) is 69.7 Å². The molecule has 1 aromatic heterocycles. The van der Waals surface area contributed by atoms with Gasteiger partial charge in [0.25, 0.3) is 5.91 Å². The quantitative estimate of drug-likeness (QED) is 0.346. The Hall–Kier alpha value is -4.45. The van der Waals surface area contributed by atoms with E-state index in [0.29, 0.717) is 65.8 Å². The van der Waals surface area contributed by atoms with E-state index in [1.165, 1.54) is 0 Å². The lowest BCUT2D eigenvalue weighted by atomic mass is 9.88. The van der Waals surface area contributed by atoms with Crippen molar-refractivity contribution in [3.63, 3.8) is 0 Å². The monoisotopic (exact) mass is 547 g/mol. The summed E-state index contributed by atoms with van der Waals surface area (Å²) in [5.74, 6) is 3.07. The van der Waals surface area contributed by atoms with Gasteiger partial charge in [0.1, 0.15) is 17.4 Å². The van der Waals surface area contributed by atoms with Crippen molar-refractivity contribution < 1.29 is 23.7 Å². The lowest BCUT2D eigenvalue weighted by Gasteiger charge is -2.29. The number of hydrogen-bond acceptors (Lipinski definition) is 11. The number of carbonyl (C=O) groups is 1. The minimum absolute atomic E-state index is 0.0726. The van der Waals surface area contributed by atoms with Gasteiger partial charge in [0, 0.05) is 49.4 Å². The molecule has 0 radical (unpaired) electrons. The van der Waals surface area contributed by atoms with E-state index in [1.807, 2.05) is 18.2 Å². The first kappa shape index (κ1) is 25.8. The van der Waals surface area contributed by atoms with Gasteiger partial charge in [-0.1, -0.05) is 13.8 Å². The molecule has 12 nitrogen and oxygen atoms in total. The summed E-state index contributed by atoms with van der Waals surface area (Å²) in [5, 5.41) is 12.8. The standard InChI is InChI=1S/C28H33N7O5/c1-28(2)14-30-24-21(28)25(32-22-17(26(36)29-3)6-8-19-23(22)40-15-39-19)34-27(33-24)31-18-7-5-16(13-20(18)37-4)35-9-11-38-12-10-35/h5-8,13H,9-12,14-15H2,1-4H3,(H,29,36)(H3,30,31,32,33,34). The van der Waals surface area contributed by atoms with Gasteiger partial charge in [0.05, 0.1) is 37.3 Å². The number of anilines is 6. The van der Waals surface area contributed by atoms with Crippen LogP contribution in [0.15, 0.2) is 30.3 Å². The van der Waals surface area contributed by atoms with Crippen molar-refractivity contribution in [2.45, 2.75) is 19.3 Å². The van der Waals surface area contributed by atoms with Crippen molar-refractivity contribution in [2.75, 3.05) is 74.6 Å². The first-order valence-corrected chi connectivity index (χ1v) is 13.2. The molecule has 3 aliphatic rings. The molecule has 210 valence electrons. The number of aromatic nitrogens is 2. The Morgan fingerprint density at radius 1 is 1.10 bits per heavy atom. The molecule has 4 N–H and O–H groups in total. The van der Waals surface area contributed by atoms with E-state index in [0.717, 1.165) is 30.0 Å². The molecule has 4 heterocycles. The maximum atomic E-state index is 12.8. The van der Waals surface area contributed by atoms with Crippen molar-refractivity contribution in [3.8, 4) is 17.2 Å². The topological polar surface area (TPSA) is 131 Å². The zero-order valence-electron chi connectivity index (χ0n) is 23.0. The summed E-state index contributed by atoms with van der Waals surface area (Å²) < 4.78 is 22.6. The second-order valence-corrected chi connectivity index (χ2v) is 10.4. The average Bonchev–Trinajstić information content (AvgIpc) is 3.57. The molecule has 1 saturated heterocycles. The highest BCUT2D eigenvalue weighted by atomic mass is 16.7. The van der Waals surface area contributed by atoms with E-state index in [-0.39, 0.29) is 18.1 Å². The largest absolute Gasteiger partial charge is 0.494 e. The van der Waals surface area contributed by atoms with Gasteiger partial charge in [-0.25, -0.2) is 0 Å². The molecule has 0 saturated carbocycles. The number of nitrogens with one attached hydrogen (secondary N) is 4. The third-order valence-corrected chi connectivity index (χ3v) is 7.35. The number of amides is 1. The second kappa shape index (κ2) is 10.3. The lowest BCUT2D eigenvalue weighted by molar-refractivity contribution is 0.0963. The van der Waals surface area contributed by atoms with Crippen molar-refractivity contribution in [1.82, 2.24) is 15.3 Å². The van der Waals surface area contributed by atoms with Crippen LogP contribution in [0.5, 0.6) is 17.2 Å². The van der Waals surface area contributed by atoms with E-state index in [9.17, 15) is 4.79 Å². The van der Waals surface area contributed by atoms with Crippen molar-refractivity contribution in [1.29, 1.82) is 0 Å². The highest BCUT2D eigenvalue weighted by Crippen LogP contribution is 2.46. The maximum Gasteiger partial charge on any atom is 0.253 e. The van der Waals surface area contributed by atoms with Gasteiger partial charge in [0.15, 0.2) is 11.5 Å². The minimum atomic E-state index is -0.268.